The average Bonchev–Trinajstić information content (AvgIpc) is 2.88. The zero-order chi connectivity index (χ0) is 19.6. The van der Waals surface area contributed by atoms with Crippen LogP contribution in [0.4, 0.5) is 4.79 Å². The molecule has 3 rings (SSSR count). The minimum absolute atomic E-state index is 0.186. The van der Waals surface area contributed by atoms with Crippen molar-refractivity contribution in [1.29, 1.82) is 0 Å². The zero-order valence-corrected chi connectivity index (χ0v) is 16.4. The van der Waals surface area contributed by atoms with Crippen LogP contribution in [0.3, 0.4) is 0 Å². The van der Waals surface area contributed by atoms with Crippen molar-refractivity contribution in [3.8, 4) is 0 Å². The summed E-state index contributed by atoms with van der Waals surface area (Å²) in [5.74, 6) is -0.0149. The van der Waals surface area contributed by atoms with E-state index in [0.717, 1.165) is 29.7 Å². The molecule has 1 aromatic carbocycles. The first-order valence-electron chi connectivity index (χ1n) is 9.87. The Morgan fingerprint density at radius 3 is 2.48 bits per heavy atom. The molecule has 6 nitrogen and oxygen atoms in total. The summed E-state index contributed by atoms with van der Waals surface area (Å²) >= 11 is 0. The summed E-state index contributed by atoms with van der Waals surface area (Å²) in [5.41, 5.74) is 1.44. The van der Waals surface area contributed by atoms with Gasteiger partial charge in [-0.15, -0.1) is 0 Å². The monoisotopic (exact) mass is 371 g/mol. The molecule has 2 aliphatic rings. The Morgan fingerprint density at radius 1 is 1.26 bits per heavy atom. The molecule has 0 radical (unpaired) electrons. The molecule has 1 aliphatic carbocycles. The SMILES string of the molecule is CCc1ccc(C(C)NC(=O)CN2C(=O)NC3(CCC(C)CC3)C2=O)cc1. The molecule has 1 aliphatic heterocycles. The first kappa shape index (κ1) is 19.4. The summed E-state index contributed by atoms with van der Waals surface area (Å²) in [6, 6.07) is 7.44. The van der Waals surface area contributed by atoms with E-state index in [9.17, 15) is 14.4 Å². The van der Waals surface area contributed by atoms with Gasteiger partial charge >= 0.3 is 6.03 Å². The molecular weight excluding hydrogens is 342 g/mol. The fraction of sp³-hybridized carbons (Fsp3) is 0.571. The van der Waals surface area contributed by atoms with Gasteiger partial charge in [-0.2, -0.15) is 0 Å². The summed E-state index contributed by atoms with van der Waals surface area (Å²) < 4.78 is 0. The molecule has 1 saturated carbocycles. The molecule has 1 spiro atoms. The number of carbonyl (C=O) groups excluding carboxylic acids is 3. The van der Waals surface area contributed by atoms with Crippen LogP contribution in [-0.4, -0.2) is 34.8 Å². The second kappa shape index (κ2) is 7.71. The van der Waals surface area contributed by atoms with Gasteiger partial charge in [0.15, 0.2) is 0 Å². The first-order valence-corrected chi connectivity index (χ1v) is 9.87. The van der Waals surface area contributed by atoms with Gasteiger partial charge in [0.2, 0.25) is 5.91 Å². The summed E-state index contributed by atoms with van der Waals surface area (Å²) in [4.78, 5) is 38.6. The third kappa shape index (κ3) is 3.99. The van der Waals surface area contributed by atoms with Crippen LogP contribution >= 0.6 is 0 Å². The Balaban J connectivity index is 1.60. The van der Waals surface area contributed by atoms with E-state index in [-0.39, 0.29) is 24.4 Å². The van der Waals surface area contributed by atoms with E-state index in [1.807, 2.05) is 31.2 Å². The van der Waals surface area contributed by atoms with E-state index < -0.39 is 11.6 Å². The minimum atomic E-state index is -0.800. The van der Waals surface area contributed by atoms with Crippen LogP contribution in [0, 0.1) is 5.92 Å². The highest BCUT2D eigenvalue weighted by atomic mass is 16.2. The summed E-state index contributed by atoms with van der Waals surface area (Å²) in [6.45, 7) is 5.92. The number of amides is 4. The van der Waals surface area contributed by atoms with Crippen LogP contribution in [0.5, 0.6) is 0 Å². The smallest absolute Gasteiger partial charge is 0.325 e. The molecule has 27 heavy (non-hydrogen) atoms. The molecule has 6 heteroatoms. The van der Waals surface area contributed by atoms with Crippen molar-refractivity contribution in [2.24, 2.45) is 5.92 Å². The highest BCUT2D eigenvalue weighted by Crippen LogP contribution is 2.36. The van der Waals surface area contributed by atoms with E-state index in [2.05, 4.69) is 24.5 Å². The van der Waals surface area contributed by atoms with E-state index in [0.29, 0.717) is 18.8 Å². The normalized spacial score (nSPS) is 26.2. The number of nitrogens with one attached hydrogen (secondary N) is 2. The van der Waals surface area contributed by atoms with Crippen LogP contribution in [-0.2, 0) is 16.0 Å². The quantitative estimate of drug-likeness (QED) is 0.781. The third-order valence-electron chi connectivity index (χ3n) is 5.94. The van der Waals surface area contributed by atoms with Gasteiger partial charge in [-0.05, 0) is 56.1 Å². The maximum Gasteiger partial charge on any atom is 0.325 e. The number of imide groups is 1. The Labute approximate surface area is 160 Å². The van der Waals surface area contributed by atoms with Crippen molar-refractivity contribution < 1.29 is 14.4 Å². The van der Waals surface area contributed by atoms with Gasteiger partial charge in [-0.1, -0.05) is 38.1 Å². The third-order valence-corrected chi connectivity index (χ3v) is 5.94. The molecule has 1 unspecified atom stereocenters. The largest absolute Gasteiger partial charge is 0.348 e. The fourth-order valence-corrected chi connectivity index (χ4v) is 3.97. The van der Waals surface area contributed by atoms with Gasteiger partial charge in [0.05, 0.1) is 6.04 Å². The summed E-state index contributed by atoms with van der Waals surface area (Å²) in [7, 11) is 0. The van der Waals surface area contributed by atoms with Crippen LogP contribution in [0.15, 0.2) is 24.3 Å². The van der Waals surface area contributed by atoms with Crippen molar-refractivity contribution in [3.05, 3.63) is 35.4 Å². The second-order valence-corrected chi connectivity index (χ2v) is 7.97. The molecule has 2 N–H and O–H groups in total. The lowest BCUT2D eigenvalue weighted by molar-refractivity contribution is -0.136. The maximum absolute atomic E-state index is 12.8. The molecular formula is C21H29N3O3. The number of aryl methyl sites for hydroxylation is 1. The van der Waals surface area contributed by atoms with Crippen molar-refractivity contribution in [3.63, 3.8) is 0 Å². The average molecular weight is 371 g/mol. The van der Waals surface area contributed by atoms with E-state index in [4.69, 9.17) is 0 Å². The minimum Gasteiger partial charge on any atom is -0.348 e. The van der Waals surface area contributed by atoms with Gasteiger partial charge in [-0.3, -0.25) is 14.5 Å². The lowest BCUT2D eigenvalue weighted by Gasteiger charge is -2.33. The number of benzene rings is 1. The lowest BCUT2D eigenvalue weighted by atomic mass is 9.77. The van der Waals surface area contributed by atoms with Gasteiger partial charge in [0, 0.05) is 0 Å². The molecule has 1 heterocycles. The van der Waals surface area contributed by atoms with Crippen molar-refractivity contribution >= 4 is 17.8 Å². The number of hydrogen-bond donors (Lipinski definition) is 2. The Kier molecular flexibility index (Phi) is 5.53. The number of carbonyl (C=O) groups is 3. The maximum atomic E-state index is 12.8. The van der Waals surface area contributed by atoms with Crippen molar-refractivity contribution in [1.82, 2.24) is 15.5 Å². The summed E-state index contributed by atoms with van der Waals surface area (Å²) in [6.07, 6.45) is 4.09. The number of rotatable bonds is 5. The van der Waals surface area contributed by atoms with Gasteiger partial charge in [0.25, 0.3) is 5.91 Å². The Morgan fingerprint density at radius 2 is 1.89 bits per heavy atom. The Bertz CT molecular complexity index is 721. The summed E-state index contributed by atoms with van der Waals surface area (Å²) in [5, 5.41) is 5.74. The second-order valence-electron chi connectivity index (χ2n) is 7.97. The van der Waals surface area contributed by atoms with Crippen LogP contribution < -0.4 is 10.6 Å². The lowest BCUT2D eigenvalue weighted by Crippen LogP contribution is -2.50. The first-order chi connectivity index (χ1) is 12.8. The zero-order valence-electron chi connectivity index (χ0n) is 16.4. The van der Waals surface area contributed by atoms with Crippen molar-refractivity contribution in [2.45, 2.75) is 64.5 Å². The molecule has 2 fully saturated rings. The number of nitrogens with zero attached hydrogens (tertiary/aromatic N) is 1. The van der Waals surface area contributed by atoms with Crippen molar-refractivity contribution in [2.75, 3.05) is 6.54 Å². The predicted octanol–water partition coefficient (Wildman–Crippen LogP) is 2.93. The molecule has 0 bridgehead atoms. The van der Waals surface area contributed by atoms with E-state index in [1.165, 1.54) is 5.56 Å². The fourth-order valence-electron chi connectivity index (χ4n) is 3.97. The van der Waals surface area contributed by atoms with Crippen LogP contribution in [0.2, 0.25) is 0 Å². The number of hydrogen-bond acceptors (Lipinski definition) is 3. The number of urea groups is 1. The van der Waals surface area contributed by atoms with Gasteiger partial charge in [0.1, 0.15) is 12.1 Å². The van der Waals surface area contributed by atoms with Crippen LogP contribution in [0.1, 0.15) is 63.6 Å². The standard InChI is InChI=1S/C21H29N3O3/c1-4-16-5-7-17(8-6-16)15(3)22-18(25)13-24-19(26)21(23-20(24)27)11-9-14(2)10-12-21/h5-8,14-15H,4,9-13H2,1-3H3,(H,22,25)(H,23,27). The molecule has 1 atom stereocenters. The van der Waals surface area contributed by atoms with Crippen LogP contribution in [0.25, 0.3) is 0 Å². The molecule has 146 valence electrons. The van der Waals surface area contributed by atoms with Gasteiger partial charge in [-0.25, -0.2) is 4.79 Å². The Hall–Kier alpha value is -2.37. The van der Waals surface area contributed by atoms with E-state index in [1.54, 1.807) is 0 Å². The highest BCUT2D eigenvalue weighted by molar-refractivity contribution is 6.09. The topological polar surface area (TPSA) is 78.5 Å². The highest BCUT2D eigenvalue weighted by Gasteiger charge is 2.52. The molecule has 1 aromatic rings. The predicted molar refractivity (Wildman–Crippen MR) is 103 cm³/mol. The molecule has 4 amide bonds. The molecule has 1 saturated heterocycles. The van der Waals surface area contributed by atoms with Gasteiger partial charge < -0.3 is 10.6 Å². The van der Waals surface area contributed by atoms with E-state index >= 15 is 0 Å². The molecule has 0 aromatic heterocycles.